The Bertz CT molecular complexity index is 1090. The van der Waals surface area contributed by atoms with Crippen LogP contribution < -0.4 is 4.90 Å². The Balaban J connectivity index is 1.45. The van der Waals surface area contributed by atoms with E-state index in [1.807, 2.05) is 4.90 Å². The molecule has 0 N–H and O–H groups in total. The van der Waals surface area contributed by atoms with Gasteiger partial charge in [-0.25, -0.2) is 4.79 Å². The maximum atomic E-state index is 12.4. The van der Waals surface area contributed by atoms with Crippen LogP contribution in [0.3, 0.4) is 0 Å². The highest BCUT2D eigenvalue weighted by atomic mass is 35.5. The van der Waals surface area contributed by atoms with Crippen LogP contribution in [-0.2, 0) is 11.3 Å². The third-order valence-electron chi connectivity index (χ3n) is 4.73. The second-order valence-electron chi connectivity index (χ2n) is 6.75. The Kier molecular flexibility index (Phi) is 5.62. The van der Waals surface area contributed by atoms with Gasteiger partial charge in [0.05, 0.1) is 10.5 Å². The number of nitro groups is 1. The van der Waals surface area contributed by atoms with Crippen molar-refractivity contribution in [3.8, 4) is 11.4 Å². The molecule has 0 bridgehead atoms. The zero-order chi connectivity index (χ0) is 21.1. The van der Waals surface area contributed by atoms with Crippen LogP contribution in [0.1, 0.15) is 29.1 Å². The number of esters is 1. The van der Waals surface area contributed by atoms with Crippen LogP contribution in [0.4, 0.5) is 11.4 Å². The number of anilines is 1. The van der Waals surface area contributed by atoms with Crippen LogP contribution in [-0.4, -0.2) is 34.1 Å². The molecule has 0 saturated carbocycles. The number of rotatable bonds is 6. The summed E-state index contributed by atoms with van der Waals surface area (Å²) in [7, 11) is 0. The molecule has 0 spiro atoms. The molecule has 154 valence electrons. The fourth-order valence-electron chi connectivity index (χ4n) is 3.29. The van der Waals surface area contributed by atoms with Gasteiger partial charge in [-0.2, -0.15) is 4.98 Å². The van der Waals surface area contributed by atoms with Crippen molar-refractivity contribution in [1.29, 1.82) is 0 Å². The second-order valence-corrected chi connectivity index (χ2v) is 7.19. The van der Waals surface area contributed by atoms with Gasteiger partial charge in [-0.1, -0.05) is 28.9 Å². The molecule has 1 aliphatic rings. The molecule has 1 aromatic heterocycles. The molecule has 0 unspecified atom stereocenters. The van der Waals surface area contributed by atoms with Crippen LogP contribution in [0.5, 0.6) is 0 Å². The van der Waals surface area contributed by atoms with Gasteiger partial charge in [0.2, 0.25) is 5.82 Å². The molecule has 30 heavy (non-hydrogen) atoms. The van der Waals surface area contributed by atoms with Gasteiger partial charge in [0, 0.05) is 29.7 Å². The summed E-state index contributed by atoms with van der Waals surface area (Å²) in [6.07, 6.45) is 1.98. The Morgan fingerprint density at radius 2 is 2.03 bits per heavy atom. The van der Waals surface area contributed by atoms with E-state index in [9.17, 15) is 14.9 Å². The molecule has 4 rings (SSSR count). The van der Waals surface area contributed by atoms with Gasteiger partial charge in [0.15, 0.2) is 6.61 Å². The van der Waals surface area contributed by atoms with Gasteiger partial charge >= 0.3 is 5.97 Å². The predicted molar refractivity (Wildman–Crippen MR) is 108 cm³/mol. The minimum atomic E-state index is -0.714. The molecule has 3 aromatic rings. The normalized spacial score (nSPS) is 13.4. The van der Waals surface area contributed by atoms with E-state index in [2.05, 4.69) is 10.1 Å². The van der Waals surface area contributed by atoms with Gasteiger partial charge in [-0.05, 0) is 37.1 Å². The fraction of sp³-hybridized carbons (Fsp3) is 0.250. The minimum absolute atomic E-state index is 0.0826. The van der Waals surface area contributed by atoms with E-state index in [1.54, 1.807) is 30.3 Å². The average Bonchev–Trinajstić information content (AvgIpc) is 3.44. The van der Waals surface area contributed by atoms with Crippen LogP contribution in [0.25, 0.3) is 11.4 Å². The van der Waals surface area contributed by atoms with Crippen molar-refractivity contribution in [2.24, 2.45) is 0 Å². The van der Waals surface area contributed by atoms with Crippen LogP contribution in [0.15, 0.2) is 47.0 Å². The van der Waals surface area contributed by atoms with E-state index in [1.165, 1.54) is 12.1 Å². The van der Waals surface area contributed by atoms with Crippen LogP contribution in [0, 0.1) is 10.1 Å². The lowest BCUT2D eigenvalue weighted by Gasteiger charge is -2.17. The monoisotopic (exact) mass is 428 g/mol. The standard InChI is InChI=1S/C20H17ClN4O5/c21-15-5-3-4-13(10-15)19-22-18(30-23-19)12-29-20(26)14-6-7-16(17(11-14)25(27)28)24-8-1-2-9-24/h3-7,10-11H,1-2,8-9,12H2. The zero-order valence-corrected chi connectivity index (χ0v) is 16.5. The molecular formula is C20H17ClN4O5. The van der Waals surface area contributed by atoms with Gasteiger partial charge in [-0.3, -0.25) is 10.1 Å². The van der Waals surface area contributed by atoms with Crippen molar-refractivity contribution in [2.45, 2.75) is 19.4 Å². The molecule has 2 heterocycles. The topological polar surface area (TPSA) is 112 Å². The second kappa shape index (κ2) is 8.50. The fourth-order valence-corrected chi connectivity index (χ4v) is 3.48. The van der Waals surface area contributed by atoms with Crippen molar-refractivity contribution in [2.75, 3.05) is 18.0 Å². The van der Waals surface area contributed by atoms with Crippen molar-refractivity contribution in [3.05, 3.63) is 69.1 Å². The van der Waals surface area contributed by atoms with Crippen molar-refractivity contribution in [1.82, 2.24) is 10.1 Å². The number of nitro benzene ring substituents is 1. The smallest absolute Gasteiger partial charge is 0.338 e. The van der Waals surface area contributed by atoms with Gasteiger partial charge in [-0.15, -0.1) is 0 Å². The summed E-state index contributed by atoms with van der Waals surface area (Å²) in [4.78, 5) is 29.5. The third kappa shape index (κ3) is 4.25. The summed E-state index contributed by atoms with van der Waals surface area (Å²) in [5.74, 6) is -0.302. The lowest BCUT2D eigenvalue weighted by Crippen LogP contribution is -2.19. The molecule has 0 atom stereocenters. The molecule has 0 aliphatic carbocycles. The predicted octanol–water partition coefficient (Wildman–Crippen LogP) is 4.26. The number of carbonyl (C=O) groups excluding carboxylic acids is 1. The summed E-state index contributed by atoms with van der Waals surface area (Å²) in [5, 5.41) is 15.9. The summed E-state index contributed by atoms with van der Waals surface area (Å²) in [5.41, 5.74) is 1.14. The Morgan fingerprint density at radius 1 is 1.23 bits per heavy atom. The van der Waals surface area contributed by atoms with Crippen molar-refractivity contribution < 1.29 is 19.0 Å². The minimum Gasteiger partial charge on any atom is -0.452 e. The summed E-state index contributed by atoms with van der Waals surface area (Å²) in [6, 6.07) is 11.3. The van der Waals surface area contributed by atoms with E-state index in [4.69, 9.17) is 20.9 Å². The largest absolute Gasteiger partial charge is 0.452 e. The first-order valence-corrected chi connectivity index (χ1v) is 9.68. The zero-order valence-electron chi connectivity index (χ0n) is 15.8. The number of halogens is 1. The van der Waals surface area contributed by atoms with Crippen molar-refractivity contribution >= 4 is 28.9 Å². The Hall–Kier alpha value is -3.46. The summed E-state index contributed by atoms with van der Waals surface area (Å²) in [6.45, 7) is 1.27. The van der Waals surface area contributed by atoms with Gasteiger partial charge in [0.1, 0.15) is 5.69 Å². The first-order valence-electron chi connectivity index (χ1n) is 9.30. The maximum Gasteiger partial charge on any atom is 0.338 e. The summed E-state index contributed by atoms with van der Waals surface area (Å²) < 4.78 is 10.3. The number of hydrogen-bond acceptors (Lipinski definition) is 8. The number of aromatic nitrogens is 2. The molecule has 0 radical (unpaired) electrons. The quantitative estimate of drug-likeness (QED) is 0.325. The van der Waals surface area contributed by atoms with Gasteiger partial charge in [0.25, 0.3) is 11.6 Å². The first-order chi connectivity index (χ1) is 14.5. The lowest BCUT2D eigenvalue weighted by molar-refractivity contribution is -0.384. The highest BCUT2D eigenvalue weighted by Crippen LogP contribution is 2.32. The summed E-state index contributed by atoms with van der Waals surface area (Å²) >= 11 is 5.95. The number of benzene rings is 2. The van der Waals surface area contributed by atoms with E-state index in [-0.39, 0.29) is 23.7 Å². The molecule has 2 aromatic carbocycles. The van der Waals surface area contributed by atoms with Crippen molar-refractivity contribution in [3.63, 3.8) is 0 Å². The molecule has 1 fully saturated rings. The average molecular weight is 429 g/mol. The number of nitrogens with zero attached hydrogens (tertiary/aromatic N) is 4. The number of ether oxygens (including phenoxy) is 1. The molecule has 1 aliphatic heterocycles. The molecule has 10 heteroatoms. The SMILES string of the molecule is O=C(OCc1nc(-c2cccc(Cl)c2)no1)c1ccc(N2CCCC2)c([N+](=O)[O-])c1. The number of carbonyl (C=O) groups is 1. The van der Waals surface area contributed by atoms with Gasteiger partial charge < -0.3 is 14.2 Å². The lowest BCUT2D eigenvalue weighted by atomic mass is 10.1. The van der Waals surface area contributed by atoms with E-state index in [0.717, 1.165) is 25.9 Å². The van der Waals surface area contributed by atoms with E-state index < -0.39 is 10.9 Å². The third-order valence-corrected chi connectivity index (χ3v) is 4.97. The highest BCUT2D eigenvalue weighted by molar-refractivity contribution is 6.30. The van der Waals surface area contributed by atoms with E-state index in [0.29, 0.717) is 22.1 Å². The first kappa shape index (κ1) is 19.8. The maximum absolute atomic E-state index is 12.4. The Morgan fingerprint density at radius 3 is 2.77 bits per heavy atom. The van der Waals surface area contributed by atoms with Crippen LogP contribution >= 0.6 is 11.6 Å². The van der Waals surface area contributed by atoms with E-state index >= 15 is 0 Å². The molecule has 9 nitrogen and oxygen atoms in total. The molecule has 0 amide bonds. The molecule has 1 saturated heterocycles. The van der Waals surface area contributed by atoms with Crippen LogP contribution in [0.2, 0.25) is 5.02 Å². The Labute approximate surface area is 176 Å². The highest BCUT2D eigenvalue weighted by Gasteiger charge is 2.24. The number of hydrogen-bond donors (Lipinski definition) is 0. The molecular weight excluding hydrogens is 412 g/mol.